The lowest BCUT2D eigenvalue weighted by atomic mass is 10.1. The molecule has 0 aliphatic carbocycles. The molecule has 2 aromatic carbocycles. The van der Waals surface area contributed by atoms with Crippen molar-refractivity contribution in [2.24, 2.45) is 7.05 Å². The van der Waals surface area contributed by atoms with E-state index in [0.29, 0.717) is 5.56 Å². The van der Waals surface area contributed by atoms with Crippen molar-refractivity contribution in [2.45, 2.75) is 0 Å². The maximum atomic E-state index is 11.4. The van der Waals surface area contributed by atoms with Gasteiger partial charge in [-0.05, 0) is 24.3 Å². The molecule has 20 heavy (non-hydrogen) atoms. The highest BCUT2D eigenvalue weighted by Crippen LogP contribution is 2.23. The third-order valence-corrected chi connectivity index (χ3v) is 3.35. The van der Waals surface area contributed by atoms with Gasteiger partial charge in [0.05, 0.1) is 23.7 Å². The zero-order chi connectivity index (χ0) is 14.1. The molecule has 0 aliphatic heterocycles. The van der Waals surface area contributed by atoms with Gasteiger partial charge >= 0.3 is 5.97 Å². The Morgan fingerprint density at radius 1 is 1.10 bits per heavy atom. The summed E-state index contributed by atoms with van der Waals surface area (Å²) in [7, 11) is 3.36. The van der Waals surface area contributed by atoms with Crippen LogP contribution in [0.4, 0.5) is 0 Å². The van der Waals surface area contributed by atoms with Crippen LogP contribution in [0.1, 0.15) is 10.4 Å². The molecule has 0 aliphatic rings. The predicted octanol–water partition coefficient (Wildman–Crippen LogP) is 3.03. The number of aryl methyl sites for hydroxylation is 1. The summed E-state index contributed by atoms with van der Waals surface area (Å²) in [5.41, 5.74) is 3.55. The molecule has 0 spiro atoms. The molecule has 3 aromatic rings. The fourth-order valence-electron chi connectivity index (χ4n) is 2.28. The number of methoxy groups -OCH3 is 1. The van der Waals surface area contributed by atoms with Gasteiger partial charge < -0.3 is 9.30 Å². The highest BCUT2D eigenvalue weighted by atomic mass is 16.5. The van der Waals surface area contributed by atoms with Gasteiger partial charge in [-0.2, -0.15) is 0 Å². The van der Waals surface area contributed by atoms with Gasteiger partial charge in [0, 0.05) is 12.6 Å². The highest BCUT2D eigenvalue weighted by molar-refractivity contribution is 5.90. The van der Waals surface area contributed by atoms with E-state index in [9.17, 15) is 4.79 Å². The minimum Gasteiger partial charge on any atom is -0.465 e. The minimum atomic E-state index is -0.332. The van der Waals surface area contributed by atoms with Crippen LogP contribution in [0, 0.1) is 0 Å². The van der Waals surface area contributed by atoms with E-state index < -0.39 is 0 Å². The van der Waals surface area contributed by atoms with E-state index in [4.69, 9.17) is 4.74 Å². The van der Waals surface area contributed by atoms with E-state index in [2.05, 4.69) is 4.98 Å². The first-order chi connectivity index (χ1) is 9.70. The third-order valence-electron chi connectivity index (χ3n) is 3.35. The van der Waals surface area contributed by atoms with E-state index in [1.807, 2.05) is 48.0 Å². The molecule has 0 amide bonds. The highest BCUT2D eigenvalue weighted by Gasteiger charge is 2.10. The number of rotatable bonds is 2. The zero-order valence-corrected chi connectivity index (χ0v) is 11.3. The normalized spacial score (nSPS) is 10.7. The summed E-state index contributed by atoms with van der Waals surface area (Å²) >= 11 is 0. The van der Waals surface area contributed by atoms with Crippen molar-refractivity contribution >= 4 is 17.0 Å². The second-order valence-electron chi connectivity index (χ2n) is 4.55. The van der Waals surface area contributed by atoms with Crippen LogP contribution in [-0.4, -0.2) is 22.6 Å². The van der Waals surface area contributed by atoms with Crippen LogP contribution in [0.5, 0.6) is 0 Å². The summed E-state index contributed by atoms with van der Waals surface area (Å²) in [4.78, 5) is 16.0. The van der Waals surface area contributed by atoms with Crippen LogP contribution in [0.25, 0.3) is 22.4 Å². The van der Waals surface area contributed by atoms with Crippen molar-refractivity contribution in [1.82, 2.24) is 9.55 Å². The Hall–Kier alpha value is -2.62. The van der Waals surface area contributed by atoms with Gasteiger partial charge in [-0.25, -0.2) is 9.78 Å². The average Bonchev–Trinajstić information content (AvgIpc) is 2.84. The summed E-state index contributed by atoms with van der Waals surface area (Å²) in [6.45, 7) is 0. The molecule has 1 heterocycles. The molecule has 0 saturated heterocycles. The molecule has 4 heteroatoms. The smallest absolute Gasteiger partial charge is 0.337 e. The number of aromatic nitrogens is 2. The number of hydrogen-bond acceptors (Lipinski definition) is 3. The Kier molecular flexibility index (Phi) is 2.99. The first-order valence-electron chi connectivity index (χ1n) is 6.31. The number of hydrogen-bond donors (Lipinski definition) is 0. The van der Waals surface area contributed by atoms with Gasteiger partial charge in [0.25, 0.3) is 0 Å². The van der Waals surface area contributed by atoms with E-state index >= 15 is 0 Å². The maximum Gasteiger partial charge on any atom is 0.337 e. The van der Waals surface area contributed by atoms with Crippen LogP contribution < -0.4 is 0 Å². The molecule has 3 rings (SSSR count). The van der Waals surface area contributed by atoms with Crippen molar-refractivity contribution in [3.63, 3.8) is 0 Å². The van der Waals surface area contributed by atoms with Gasteiger partial charge in [-0.15, -0.1) is 0 Å². The van der Waals surface area contributed by atoms with E-state index in [1.54, 1.807) is 12.1 Å². The molecule has 100 valence electrons. The lowest BCUT2D eigenvalue weighted by molar-refractivity contribution is 0.0601. The number of imidazole rings is 1. The first kappa shape index (κ1) is 12.4. The monoisotopic (exact) mass is 266 g/mol. The molecule has 0 unspecified atom stereocenters. The van der Waals surface area contributed by atoms with Crippen molar-refractivity contribution in [3.8, 4) is 11.4 Å². The number of carbonyl (C=O) groups excluding carboxylic acids is 1. The quantitative estimate of drug-likeness (QED) is 0.670. The summed E-state index contributed by atoms with van der Waals surface area (Å²) in [5, 5.41) is 0. The number of fused-ring (bicyclic) bond motifs is 1. The summed E-state index contributed by atoms with van der Waals surface area (Å²) in [6, 6.07) is 15.3. The van der Waals surface area contributed by atoms with E-state index in [1.165, 1.54) is 7.11 Å². The van der Waals surface area contributed by atoms with E-state index in [0.717, 1.165) is 22.4 Å². The summed E-state index contributed by atoms with van der Waals surface area (Å²) in [5.74, 6) is 0.546. The van der Waals surface area contributed by atoms with Gasteiger partial charge in [0.2, 0.25) is 0 Å². The Bertz CT molecular complexity index is 773. The topological polar surface area (TPSA) is 44.1 Å². The standard InChI is InChI=1S/C16H14N2O2/c1-18-14-6-4-3-5-13(14)17-15(18)11-7-9-12(10-8-11)16(19)20-2/h3-10H,1-2H3. The van der Waals surface area contributed by atoms with Crippen LogP contribution in [0.2, 0.25) is 0 Å². The van der Waals surface area contributed by atoms with Crippen LogP contribution in [-0.2, 0) is 11.8 Å². The van der Waals surface area contributed by atoms with Crippen molar-refractivity contribution < 1.29 is 9.53 Å². The number of para-hydroxylation sites is 2. The van der Waals surface area contributed by atoms with Gasteiger partial charge in [0.1, 0.15) is 5.82 Å². The largest absolute Gasteiger partial charge is 0.465 e. The predicted molar refractivity (Wildman–Crippen MR) is 77.5 cm³/mol. The number of carbonyl (C=O) groups is 1. The minimum absolute atomic E-state index is 0.332. The number of esters is 1. The number of nitrogens with zero attached hydrogens (tertiary/aromatic N) is 2. The van der Waals surface area contributed by atoms with Gasteiger partial charge in [0.15, 0.2) is 0 Å². The van der Waals surface area contributed by atoms with Crippen molar-refractivity contribution in [3.05, 3.63) is 54.1 Å². The molecule has 0 bridgehead atoms. The third kappa shape index (κ3) is 1.95. The average molecular weight is 266 g/mol. The second-order valence-corrected chi connectivity index (χ2v) is 4.55. The summed E-state index contributed by atoms with van der Waals surface area (Å²) < 4.78 is 6.74. The Labute approximate surface area is 116 Å². The van der Waals surface area contributed by atoms with E-state index in [-0.39, 0.29) is 5.97 Å². The molecule has 0 fully saturated rings. The molecular formula is C16H14N2O2. The van der Waals surface area contributed by atoms with Crippen LogP contribution in [0.15, 0.2) is 48.5 Å². The Balaban J connectivity index is 2.07. The Morgan fingerprint density at radius 3 is 2.45 bits per heavy atom. The maximum absolute atomic E-state index is 11.4. The molecule has 0 radical (unpaired) electrons. The lowest BCUT2D eigenvalue weighted by Gasteiger charge is -2.04. The number of ether oxygens (including phenoxy) is 1. The van der Waals surface area contributed by atoms with Crippen molar-refractivity contribution in [2.75, 3.05) is 7.11 Å². The fraction of sp³-hybridized carbons (Fsp3) is 0.125. The fourth-order valence-corrected chi connectivity index (χ4v) is 2.28. The zero-order valence-electron chi connectivity index (χ0n) is 11.3. The SMILES string of the molecule is COC(=O)c1ccc(-c2nc3ccccc3n2C)cc1. The summed E-state index contributed by atoms with van der Waals surface area (Å²) in [6.07, 6.45) is 0. The number of benzene rings is 2. The van der Waals surface area contributed by atoms with Gasteiger partial charge in [-0.1, -0.05) is 24.3 Å². The van der Waals surface area contributed by atoms with Gasteiger partial charge in [-0.3, -0.25) is 0 Å². The molecule has 4 nitrogen and oxygen atoms in total. The molecule has 1 aromatic heterocycles. The first-order valence-corrected chi connectivity index (χ1v) is 6.31. The second kappa shape index (κ2) is 4.81. The molecule has 0 atom stereocenters. The Morgan fingerprint density at radius 2 is 1.80 bits per heavy atom. The van der Waals surface area contributed by atoms with Crippen LogP contribution in [0.3, 0.4) is 0 Å². The van der Waals surface area contributed by atoms with Crippen LogP contribution >= 0.6 is 0 Å². The van der Waals surface area contributed by atoms with Crippen molar-refractivity contribution in [1.29, 1.82) is 0 Å². The molecule has 0 saturated carbocycles. The molecule has 0 N–H and O–H groups in total. The molecular weight excluding hydrogens is 252 g/mol. The lowest BCUT2D eigenvalue weighted by Crippen LogP contribution is -2.00.